The van der Waals surface area contributed by atoms with E-state index in [1.54, 1.807) is 6.92 Å². The van der Waals surface area contributed by atoms with Gasteiger partial charge < -0.3 is 19.7 Å². The molecule has 0 aromatic heterocycles. The molecule has 6 nitrogen and oxygen atoms in total. The van der Waals surface area contributed by atoms with Gasteiger partial charge in [0.05, 0.1) is 26.2 Å². The van der Waals surface area contributed by atoms with Crippen molar-refractivity contribution in [2.24, 2.45) is 22.7 Å². The van der Waals surface area contributed by atoms with Crippen LogP contribution in [0.1, 0.15) is 20.3 Å². The molecule has 1 aliphatic carbocycles. The van der Waals surface area contributed by atoms with Gasteiger partial charge in [0.25, 0.3) is 0 Å². The van der Waals surface area contributed by atoms with Gasteiger partial charge in [-0.05, 0) is 12.8 Å². The van der Waals surface area contributed by atoms with Crippen molar-refractivity contribution < 1.29 is 29.3 Å². The van der Waals surface area contributed by atoms with Crippen LogP contribution in [0.3, 0.4) is 0 Å². The van der Waals surface area contributed by atoms with Gasteiger partial charge in [0.1, 0.15) is 5.41 Å². The molecule has 0 bridgehead atoms. The number of aliphatic hydroxyl groups excluding tert-OH is 2. The molecular formula is C13H20O6. The Bertz CT molecular complexity index is 408. The van der Waals surface area contributed by atoms with Crippen LogP contribution in [-0.4, -0.2) is 48.6 Å². The fourth-order valence-electron chi connectivity index (χ4n) is 3.69. The molecule has 108 valence electrons. The molecule has 0 spiro atoms. The van der Waals surface area contributed by atoms with Gasteiger partial charge in [-0.15, -0.1) is 0 Å². The van der Waals surface area contributed by atoms with Crippen LogP contribution >= 0.6 is 0 Å². The van der Waals surface area contributed by atoms with Crippen LogP contribution in [0, 0.1) is 22.7 Å². The maximum Gasteiger partial charge on any atom is 0.315 e. The number of ether oxygens (including phenoxy) is 2. The summed E-state index contributed by atoms with van der Waals surface area (Å²) in [4.78, 5) is 23.4. The maximum absolute atomic E-state index is 12.0. The summed E-state index contributed by atoms with van der Waals surface area (Å²) in [5.41, 5.74) is -1.75. The SMILES string of the molecule is COC(=O)CC1C(O)[C@]2(C)C(=O)OC[C@]2(C)C1CO. The first kappa shape index (κ1) is 14.3. The number of rotatable bonds is 3. The summed E-state index contributed by atoms with van der Waals surface area (Å²) in [7, 11) is 1.27. The van der Waals surface area contributed by atoms with Crippen LogP contribution in [0.4, 0.5) is 0 Å². The third-order valence-corrected chi connectivity index (χ3v) is 5.27. The highest BCUT2D eigenvalue weighted by Gasteiger charge is 2.72. The van der Waals surface area contributed by atoms with E-state index in [1.165, 1.54) is 7.11 Å². The highest BCUT2D eigenvalue weighted by molar-refractivity contribution is 5.82. The number of aliphatic hydroxyl groups is 2. The molecule has 6 heteroatoms. The lowest BCUT2D eigenvalue weighted by atomic mass is 9.66. The van der Waals surface area contributed by atoms with Gasteiger partial charge >= 0.3 is 11.9 Å². The summed E-state index contributed by atoms with van der Waals surface area (Å²) in [5, 5.41) is 20.1. The van der Waals surface area contributed by atoms with Crippen molar-refractivity contribution in [1.82, 2.24) is 0 Å². The lowest BCUT2D eigenvalue weighted by molar-refractivity contribution is -0.153. The Labute approximate surface area is 111 Å². The van der Waals surface area contributed by atoms with Crippen molar-refractivity contribution in [2.75, 3.05) is 20.3 Å². The summed E-state index contributed by atoms with van der Waals surface area (Å²) in [5.74, 6) is -1.80. The van der Waals surface area contributed by atoms with Crippen molar-refractivity contribution in [2.45, 2.75) is 26.4 Å². The zero-order valence-corrected chi connectivity index (χ0v) is 11.4. The molecule has 0 aromatic carbocycles. The number of hydrogen-bond donors (Lipinski definition) is 2. The fraction of sp³-hybridized carbons (Fsp3) is 0.846. The lowest BCUT2D eigenvalue weighted by Gasteiger charge is -2.33. The van der Waals surface area contributed by atoms with Crippen LogP contribution in [-0.2, 0) is 19.1 Å². The van der Waals surface area contributed by atoms with E-state index in [9.17, 15) is 19.8 Å². The summed E-state index contributed by atoms with van der Waals surface area (Å²) in [6.45, 7) is 3.41. The number of methoxy groups -OCH3 is 1. The Kier molecular flexibility index (Phi) is 3.35. The van der Waals surface area contributed by atoms with E-state index in [0.717, 1.165) is 0 Å². The normalized spacial score (nSPS) is 44.9. The largest absolute Gasteiger partial charge is 0.469 e. The highest BCUT2D eigenvalue weighted by atomic mass is 16.5. The predicted molar refractivity (Wildman–Crippen MR) is 63.9 cm³/mol. The molecule has 2 aliphatic rings. The maximum atomic E-state index is 12.0. The molecule has 0 amide bonds. The quantitative estimate of drug-likeness (QED) is 0.686. The Morgan fingerprint density at radius 2 is 2.16 bits per heavy atom. The van der Waals surface area contributed by atoms with E-state index in [1.807, 2.05) is 6.92 Å². The van der Waals surface area contributed by atoms with E-state index in [2.05, 4.69) is 4.74 Å². The molecule has 0 radical (unpaired) electrons. The molecule has 0 aromatic rings. The topological polar surface area (TPSA) is 93.1 Å². The first-order chi connectivity index (χ1) is 8.82. The van der Waals surface area contributed by atoms with Crippen molar-refractivity contribution in [1.29, 1.82) is 0 Å². The van der Waals surface area contributed by atoms with E-state index < -0.39 is 34.8 Å². The number of carbonyl (C=O) groups is 2. The van der Waals surface area contributed by atoms with Gasteiger partial charge in [-0.3, -0.25) is 9.59 Å². The van der Waals surface area contributed by atoms with Gasteiger partial charge in [0, 0.05) is 17.9 Å². The van der Waals surface area contributed by atoms with Crippen molar-refractivity contribution >= 4 is 11.9 Å². The second-order valence-corrected chi connectivity index (χ2v) is 5.87. The molecule has 19 heavy (non-hydrogen) atoms. The van der Waals surface area contributed by atoms with Crippen molar-refractivity contribution in [3.05, 3.63) is 0 Å². The predicted octanol–water partition coefficient (Wildman–Crippen LogP) is -0.282. The molecule has 2 rings (SSSR count). The molecule has 1 saturated heterocycles. The minimum atomic E-state index is -1.08. The Balaban J connectivity index is 2.38. The average molecular weight is 272 g/mol. The fourth-order valence-corrected chi connectivity index (χ4v) is 3.69. The third-order valence-electron chi connectivity index (χ3n) is 5.27. The number of esters is 2. The van der Waals surface area contributed by atoms with Gasteiger partial charge in [0.15, 0.2) is 0 Å². The summed E-state index contributed by atoms with van der Waals surface area (Å²) in [6, 6.07) is 0. The standard InChI is InChI=1S/C13H20O6/c1-12-6-19-11(17)13(12,2)10(16)7(8(12)5-14)4-9(15)18-3/h7-8,10,14,16H,4-6H2,1-3H3/t7?,8?,10?,12-,13-/m1/s1. The smallest absolute Gasteiger partial charge is 0.315 e. The number of cyclic esters (lactones) is 1. The monoisotopic (exact) mass is 272 g/mol. The van der Waals surface area contributed by atoms with Crippen LogP contribution < -0.4 is 0 Å². The molecule has 1 saturated carbocycles. The number of hydrogen-bond acceptors (Lipinski definition) is 6. The zero-order valence-electron chi connectivity index (χ0n) is 11.4. The minimum absolute atomic E-state index is 0.0125. The van der Waals surface area contributed by atoms with Crippen LogP contribution in [0.5, 0.6) is 0 Å². The third kappa shape index (κ3) is 1.63. The van der Waals surface area contributed by atoms with E-state index in [0.29, 0.717) is 0 Å². The molecule has 1 aliphatic heterocycles. The summed E-state index contributed by atoms with van der Waals surface area (Å²) in [6.07, 6.45) is -1.04. The second kappa shape index (κ2) is 4.45. The van der Waals surface area contributed by atoms with E-state index >= 15 is 0 Å². The minimum Gasteiger partial charge on any atom is -0.469 e. The Morgan fingerprint density at radius 3 is 2.68 bits per heavy atom. The number of fused-ring (bicyclic) bond motifs is 1. The van der Waals surface area contributed by atoms with Crippen molar-refractivity contribution in [3.8, 4) is 0 Å². The first-order valence-corrected chi connectivity index (χ1v) is 6.36. The molecule has 1 heterocycles. The van der Waals surface area contributed by atoms with Gasteiger partial charge in [-0.25, -0.2) is 0 Å². The second-order valence-electron chi connectivity index (χ2n) is 5.87. The lowest BCUT2D eigenvalue weighted by Crippen LogP contribution is -2.43. The molecule has 2 N–H and O–H groups in total. The van der Waals surface area contributed by atoms with E-state index in [-0.39, 0.29) is 25.6 Å². The zero-order chi connectivity index (χ0) is 14.4. The van der Waals surface area contributed by atoms with Crippen LogP contribution in [0.15, 0.2) is 0 Å². The molecule has 2 fully saturated rings. The van der Waals surface area contributed by atoms with Crippen LogP contribution in [0.25, 0.3) is 0 Å². The molecule has 5 atom stereocenters. The van der Waals surface area contributed by atoms with Gasteiger partial charge in [-0.1, -0.05) is 6.92 Å². The van der Waals surface area contributed by atoms with Crippen LogP contribution in [0.2, 0.25) is 0 Å². The number of carbonyl (C=O) groups excluding carboxylic acids is 2. The Morgan fingerprint density at radius 1 is 1.53 bits per heavy atom. The summed E-state index contributed by atoms with van der Waals surface area (Å²) < 4.78 is 9.70. The Hall–Kier alpha value is -1.14. The van der Waals surface area contributed by atoms with Gasteiger partial charge in [0.2, 0.25) is 0 Å². The highest BCUT2D eigenvalue weighted by Crippen LogP contribution is 2.62. The summed E-state index contributed by atoms with van der Waals surface area (Å²) >= 11 is 0. The first-order valence-electron chi connectivity index (χ1n) is 6.36. The van der Waals surface area contributed by atoms with Crippen molar-refractivity contribution in [3.63, 3.8) is 0 Å². The molecular weight excluding hydrogens is 252 g/mol. The van der Waals surface area contributed by atoms with Gasteiger partial charge in [-0.2, -0.15) is 0 Å². The van der Waals surface area contributed by atoms with E-state index in [4.69, 9.17) is 4.74 Å². The average Bonchev–Trinajstić information content (AvgIpc) is 2.71. The molecule has 3 unspecified atom stereocenters.